The van der Waals surface area contributed by atoms with Gasteiger partial charge in [-0.05, 0) is 65.5 Å². The minimum Gasteiger partial charge on any atom is -0.490 e. The Morgan fingerprint density at radius 1 is 1.17 bits per heavy atom. The van der Waals surface area contributed by atoms with Gasteiger partial charge in [-0.25, -0.2) is 9.48 Å². The number of carbonyl (C=O) groups is 2. The van der Waals surface area contributed by atoms with E-state index in [1.54, 1.807) is 9.58 Å². The van der Waals surface area contributed by atoms with Gasteiger partial charge in [0, 0.05) is 29.6 Å². The van der Waals surface area contributed by atoms with Gasteiger partial charge < -0.3 is 29.2 Å². The molecule has 1 saturated heterocycles. The van der Waals surface area contributed by atoms with Gasteiger partial charge in [0.05, 0.1) is 36.5 Å². The third kappa shape index (κ3) is 7.99. The van der Waals surface area contributed by atoms with Gasteiger partial charge in [0.2, 0.25) is 11.1 Å². The topological polar surface area (TPSA) is 117 Å². The number of thioether (sulfide) groups is 1. The summed E-state index contributed by atoms with van der Waals surface area (Å²) in [7, 11) is 0. The summed E-state index contributed by atoms with van der Waals surface area (Å²) in [4.78, 5) is 32.9. The van der Waals surface area contributed by atoms with Gasteiger partial charge >= 0.3 is 5.97 Å². The van der Waals surface area contributed by atoms with Crippen LogP contribution in [0.25, 0.3) is 0 Å². The number of nitrogens with one attached hydrogen (secondary N) is 1. The first kappa shape index (κ1) is 34.1. The Balaban J connectivity index is 1.48. The number of rotatable bonds is 13. The highest BCUT2D eigenvalue weighted by atomic mass is 79.9. The number of morpholine rings is 1. The van der Waals surface area contributed by atoms with E-state index in [1.807, 2.05) is 57.2 Å². The maximum atomic E-state index is 13.6. The Kier molecular flexibility index (Phi) is 11.9. The summed E-state index contributed by atoms with van der Waals surface area (Å²) >= 11 is 11.5. The number of benzene rings is 2. The van der Waals surface area contributed by atoms with Crippen LogP contribution in [0.1, 0.15) is 50.8 Å². The van der Waals surface area contributed by atoms with Crippen LogP contribution in [0.4, 0.5) is 5.95 Å². The van der Waals surface area contributed by atoms with Gasteiger partial charge in [0.15, 0.2) is 18.1 Å². The minimum absolute atomic E-state index is 0.134. The number of amides is 1. The first-order chi connectivity index (χ1) is 22.3. The van der Waals surface area contributed by atoms with Gasteiger partial charge in [0.25, 0.3) is 5.91 Å². The van der Waals surface area contributed by atoms with Crippen molar-refractivity contribution in [2.75, 3.05) is 51.4 Å². The third-order valence-electron chi connectivity index (χ3n) is 7.45. The summed E-state index contributed by atoms with van der Waals surface area (Å²) in [5, 5.41) is 9.27. The molecule has 2 aliphatic rings. The average molecular weight is 735 g/mol. The molecule has 0 spiro atoms. The number of unbranched alkanes of at least 4 members (excludes halogenated alkanes) is 1. The van der Waals surface area contributed by atoms with E-state index in [1.165, 1.54) is 11.8 Å². The predicted molar refractivity (Wildman–Crippen MR) is 180 cm³/mol. The lowest BCUT2D eigenvalue weighted by atomic mass is 9.95. The lowest BCUT2D eigenvalue weighted by Gasteiger charge is -2.29. The average Bonchev–Trinajstić information content (AvgIpc) is 3.46. The van der Waals surface area contributed by atoms with E-state index in [4.69, 9.17) is 40.6 Å². The van der Waals surface area contributed by atoms with Crippen molar-refractivity contribution in [1.29, 1.82) is 0 Å². The highest BCUT2D eigenvalue weighted by Crippen LogP contribution is 2.43. The first-order valence-corrected chi connectivity index (χ1v) is 17.4. The van der Waals surface area contributed by atoms with Gasteiger partial charge in [-0.15, -0.1) is 5.10 Å². The fourth-order valence-electron chi connectivity index (χ4n) is 5.10. The second-order valence-corrected chi connectivity index (χ2v) is 12.8. The minimum atomic E-state index is -0.688. The Morgan fingerprint density at radius 3 is 2.70 bits per heavy atom. The summed E-state index contributed by atoms with van der Waals surface area (Å²) in [6.45, 7) is 8.30. The molecule has 1 atom stereocenters. The van der Waals surface area contributed by atoms with Crippen molar-refractivity contribution in [3.8, 4) is 11.5 Å². The molecule has 0 bridgehead atoms. The highest BCUT2D eigenvalue weighted by molar-refractivity contribution is 9.10. The van der Waals surface area contributed by atoms with Gasteiger partial charge in [-0.1, -0.05) is 54.9 Å². The van der Waals surface area contributed by atoms with Crippen molar-refractivity contribution in [3.05, 3.63) is 68.3 Å². The molecule has 1 unspecified atom stereocenters. The molecule has 2 aliphatic heterocycles. The Labute approximate surface area is 286 Å². The highest BCUT2D eigenvalue weighted by Gasteiger charge is 2.36. The summed E-state index contributed by atoms with van der Waals surface area (Å²) < 4.78 is 25.4. The SMILES string of the molecule is CCCCOC(=O)C1=C(C)Nc2nc(SCc3ccccc3Cl)nn2C1c1cc(Br)c(OCC(=O)N2CCOCC2)c(OCC)c1. The summed E-state index contributed by atoms with van der Waals surface area (Å²) in [6.07, 6.45) is 1.65. The zero-order valence-corrected chi connectivity index (χ0v) is 29.2. The van der Waals surface area contributed by atoms with Crippen LogP contribution in [0.15, 0.2) is 57.3 Å². The molecule has 1 fully saturated rings. The summed E-state index contributed by atoms with van der Waals surface area (Å²) in [5.74, 6) is 1.29. The first-order valence-electron chi connectivity index (χ1n) is 15.2. The molecule has 1 aromatic heterocycles. The van der Waals surface area contributed by atoms with Crippen molar-refractivity contribution in [2.24, 2.45) is 0 Å². The molecule has 5 rings (SSSR count). The van der Waals surface area contributed by atoms with E-state index in [-0.39, 0.29) is 12.5 Å². The fraction of sp³-hybridized carbons (Fsp3) is 0.438. The van der Waals surface area contributed by atoms with Crippen molar-refractivity contribution >= 4 is 57.1 Å². The molecule has 2 aromatic carbocycles. The molecule has 0 aliphatic carbocycles. The summed E-state index contributed by atoms with van der Waals surface area (Å²) in [6, 6.07) is 10.6. The molecule has 246 valence electrons. The molecule has 3 aromatic rings. The van der Waals surface area contributed by atoms with Crippen LogP contribution in [0.3, 0.4) is 0 Å². The smallest absolute Gasteiger partial charge is 0.338 e. The summed E-state index contributed by atoms with van der Waals surface area (Å²) in [5.41, 5.74) is 2.68. The van der Waals surface area contributed by atoms with E-state index in [9.17, 15) is 9.59 Å². The number of halogens is 2. The molecular formula is C32H37BrClN5O6S. The monoisotopic (exact) mass is 733 g/mol. The predicted octanol–water partition coefficient (Wildman–Crippen LogP) is 6.25. The molecule has 46 heavy (non-hydrogen) atoms. The standard InChI is InChI=1S/C32H37BrClN5O6S/c1-4-6-13-44-30(41)27-20(3)35-31-36-32(46-19-21-9-7-8-10-24(21)34)37-39(31)28(27)22-16-23(33)29(25(17-22)43-5-2)45-18-26(40)38-11-14-42-15-12-38/h7-10,16-17,28H,4-6,11-15,18-19H2,1-3H3,(H,35,36,37). The maximum absolute atomic E-state index is 13.6. The number of esters is 1. The quantitative estimate of drug-likeness (QED) is 0.123. The van der Waals surface area contributed by atoms with Crippen LogP contribution in [0.2, 0.25) is 5.02 Å². The second-order valence-electron chi connectivity index (χ2n) is 10.6. The van der Waals surface area contributed by atoms with Crippen molar-refractivity contribution in [2.45, 2.75) is 50.6 Å². The van der Waals surface area contributed by atoms with E-state index in [0.717, 1.165) is 18.4 Å². The van der Waals surface area contributed by atoms with Crippen LogP contribution in [0.5, 0.6) is 11.5 Å². The lowest BCUT2D eigenvalue weighted by Crippen LogP contribution is -2.43. The number of hydrogen-bond donors (Lipinski definition) is 1. The van der Waals surface area contributed by atoms with Gasteiger partial charge in [0.1, 0.15) is 6.04 Å². The van der Waals surface area contributed by atoms with E-state index in [0.29, 0.717) is 94.2 Å². The zero-order valence-electron chi connectivity index (χ0n) is 26.0. The van der Waals surface area contributed by atoms with Gasteiger partial charge in [-0.2, -0.15) is 4.98 Å². The normalized spacial score (nSPS) is 16.1. The van der Waals surface area contributed by atoms with Crippen LogP contribution >= 0.6 is 39.3 Å². The van der Waals surface area contributed by atoms with Crippen LogP contribution in [0, 0.1) is 0 Å². The Morgan fingerprint density at radius 2 is 1.96 bits per heavy atom. The molecule has 14 heteroatoms. The number of fused-ring (bicyclic) bond motifs is 1. The van der Waals surface area contributed by atoms with Crippen molar-refractivity contribution in [3.63, 3.8) is 0 Å². The Hall–Kier alpha value is -3.26. The molecule has 1 amide bonds. The fourth-order valence-corrected chi connectivity index (χ4v) is 6.79. The Bertz CT molecular complexity index is 1590. The molecule has 0 radical (unpaired) electrons. The molecule has 1 N–H and O–H groups in total. The molecule has 11 nitrogen and oxygen atoms in total. The van der Waals surface area contributed by atoms with Crippen LogP contribution < -0.4 is 14.8 Å². The molecular weight excluding hydrogens is 698 g/mol. The number of anilines is 1. The maximum Gasteiger partial charge on any atom is 0.338 e. The van der Waals surface area contributed by atoms with Crippen LogP contribution in [-0.2, 0) is 24.8 Å². The van der Waals surface area contributed by atoms with Gasteiger partial charge in [-0.3, -0.25) is 4.79 Å². The van der Waals surface area contributed by atoms with E-state index < -0.39 is 12.0 Å². The van der Waals surface area contributed by atoms with Crippen molar-refractivity contribution < 1.29 is 28.5 Å². The molecule has 3 heterocycles. The number of aromatic nitrogens is 3. The number of carbonyl (C=O) groups excluding carboxylic acids is 2. The zero-order chi connectivity index (χ0) is 32.6. The number of nitrogens with zero attached hydrogens (tertiary/aromatic N) is 4. The largest absolute Gasteiger partial charge is 0.490 e. The third-order valence-corrected chi connectivity index (χ3v) is 9.29. The second kappa shape index (κ2) is 16.0. The number of ether oxygens (including phenoxy) is 4. The number of hydrogen-bond acceptors (Lipinski definition) is 10. The van der Waals surface area contributed by atoms with Crippen molar-refractivity contribution in [1.82, 2.24) is 19.7 Å². The van der Waals surface area contributed by atoms with E-state index >= 15 is 0 Å². The van der Waals surface area contributed by atoms with Crippen LogP contribution in [-0.4, -0.2) is 77.7 Å². The number of allylic oxidation sites excluding steroid dienone is 1. The lowest BCUT2D eigenvalue weighted by molar-refractivity contribution is -0.140. The van der Waals surface area contributed by atoms with E-state index in [2.05, 4.69) is 21.2 Å². The molecule has 0 saturated carbocycles.